The van der Waals surface area contributed by atoms with E-state index in [1.807, 2.05) is 0 Å². The van der Waals surface area contributed by atoms with Crippen molar-refractivity contribution in [1.29, 1.82) is 0 Å². The molecular weight excluding hydrogens is 228 g/mol. The Bertz CT molecular complexity index is 537. The smallest absolute Gasteiger partial charge is 0.0146 e. The second-order valence-electron chi connectivity index (χ2n) is 5.47. The van der Waals surface area contributed by atoms with E-state index >= 15 is 0 Å². The van der Waals surface area contributed by atoms with Crippen molar-refractivity contribution in [1.82, 2.24) is 0 Å². The van der Waals surface area contributed by atoms with Crippen molar-refractivity contribution in [3.8, 4) is 0 Å². The SMILES string of the molecule is CCCc1cc(CCC)c2ccccc2c1CCC. The molecular formula is C19H26. The zero-order valence-corrected chi connectivity index (χ0v) is 12.6. The van der Waals surface area contributed by atoms with Gasteiger partial charge in [-0.15, -0.1) is 0 Å². The van der Waals surface area contributed by atoms with Crippen LogP contribution in [0.25, 0.3) is 10.8 Å². The van der Waals surface area contributed by atoms with Gasteiger partial charge in [-0.3, -0.25) is 0 Å². The molecule has 0 N–H and O–H groups in total. The fourth-order valence-electron chi connectivity index (χ4n) is 3.09. The van der Waals surface area contributed by atoms with Crippen LogP contribution in [0.5, 0.6) is 0 Å². The number of aryl methyl sites for hydroxylation is 3. The van der Waals surface area contributed by atoms with E-state index in [1.54, 1.807) is 16.7 Å². The third-order valence-electron chi connectivity index (χ3n) is 3.87. The summed E-state index contributed by atoms with van der Waals surface area (Å²) in [5, 5.41) is 2.98. The van der Waals surface area contributed by atoms with Gasteiger partial charge in [0, 0.05) is 0 Å². The van der Waals surface area contributed by atoms with E-state index in [1.165, 1.54) is 49.3 Å². The quantitative estimate of drug-likeness (QED) is 0.620. The zero-order chi connectivity index (χ0) is 13.7. The first-order chi connectivity index (χ1) is 9.31. The van der Waals surface area contributed by atoms with Crippen LogP contribution in [0.2, 0.25) is 0 Å². The summed E-state index contributed by atoms with van der Waals surface area (Å²) in [4.78, 5) is 0. The molecule has 0 saturated heterocycles. The Morgan fingerprint density at radius 2 is 1.26 bits per heavy atom. The normalized spacial score (nSPS) is 11.1. The molecule has 0 aromatic heterocycles. The Balaban J connectivity index is 2.66. The van der Waals surface area contributed by atoms with Gasteiger partial charge in [-0.2, -0.15) is 0 Å². The van der Waals surface area contributed by atoms with E-state index in [0.29, 0.717) is 0 Å². The Hall–Kier alpha value is -1.30. The van der Waals surface area contributed by atoms with Crippen molar-refractivity contribution >= 4 is 10.8 Å². The summed E-state index contributed by atoms with van der Waals surface area (Å²) in [5.74, 6) is 0. The molecule has 0 aliphatic carbocycles. The highest BCUT2D eigenvalue weighted by Crippen LogP contribution is 2.29. The number of hydrogen-bond acceptors (Lipinski definition) is 0. The van der Waals surface area contributed by atoms with E-state index in [0.717, 1.165) is 0 Å². The highest BCUT2D eigenvalue weighted by atomic mass is 14.1. The molecule has 2 rings (SSSR count). The predicted molar refractivity (Wildman–Crippen MR) is 85.9 cm³/mol. The summed E-state index contributed by atoms with van der Waals surface area (Å²) >= 11 is 0. The van der Waals surface area contributed by atoms with Crippen LogP contribution in [-0.2, 0) is 19.3 Å². The Labute approximate surface area is 117 Å². The minimum atomic E-state index is 1.20. The molecule has 0 spiro atoms. The first-order valence-electron chi connectivity index (χ1n) is 7.84. The van der Waals surface area contributed by atoms with Gasteiger partial charge in [0.1, 0.15) is 0 Å². The van der Waals surface area contributed by atoms with Crippen molar-refractivity contribution < 1.29 is 0 Å². The van der Waals surface area contributed by atoms with Gasteiger partial charge < -0.3 is 0 Å². The lowest BCUT2D eigenvalue weighted by atomic mass is 9.89. The van der Waals surface area contributed by atoms with Gasteiger partial charge in [-0.25, -0.2) is 0 Å². The van der Waals surface area contributed by atoms with Gasteiger partial charge in [-0.05, 0) is 46.7 Å². The molecule has 0 saturated carbocycles. The van der Waals surface area contributed by atoms with Crippen molar-refractivity contribution in [3.05, 3.63) is 47.0 Å². The summed E-state index contributed by atoms with van der Waals surface area (Å²) in [5.41, 5.74) is 4.73. The summed E-state index contributed by atoms with van der Waals surface area (Å²) in [6.07, 6.45) is 7.32. The molecule has 0 bridgehead atoms. The monoisotopic (exact) mass is 254 g/mol. The Morgan fingerprint density at radius 3 is 1.89 bits per heavy atom. The average Bonchev–Trinajstić information content (AvgIpc) is 2.43. The summed E-state index contributed by atoms with van der Waals surface area (Å²) in [7, 11) is 0. The Morgan fingerprint density at radius 1 is 0.684 bits per heavy atom. The second-order valence-corrected chi connectivity index (χ2v) is 5.47. The molecule has 0 aliphatic heterocycles. The minimum absolute atomic E-state index is 1.20. The molecule has 0 nitrogen and oxygen atoms in total. The van der Waals surface area contributed by atoms with Gasteiger partial charge in [-0.1, -0.05) is 70.4 Å². The lowest BCUT2D eigenvalue weighted by Crippen LogP contribution is -1.99. The van der Waals surface area contributed by atoms with E-state index < -0.39 is 0 Å². The van der Waals surface area contributed by atoms with Gasteiger partial charge >= 0.3 is 0 Å². The van der Waals surface area contributed by atoms with E-state index in [-0.39, 0.29) is 0 Å². The largest absolute Gasteiger partial charge is 0.0651 e. The van der Waals surface area contributed by atoms with E-state index in [9.17, 15) is 0 Å². The number of hydrogen-bond donors (Lipinski definition) is 0. The molecule has 0 aliphatic rings. The van der Waals surface area contributed by atoms with Crippen molar-refractivity contribution in [3.63, 3.8) is 0 Å². The maximum absolute atomic E-state index is 2.49. The van der Waals surface area contributed by atoms with Gasteiger partial charge in [0.05, 0.1) is 0 Å². The third kappa shape index (κ3) is 3.00. The van der Waals surface area contributed by atoms with Crippen LogP contribution in [0, 0.1) is 0 Å². The lowest BCUT2D eigenvalue weighted by molar-refractivity contribution is 0.859. The third-order valence-corrected chi connectivity index (χ3v) is 3.87. The average molecular weight is 254 g/mol. The van der Waals surface area contributed by atoms with Crippen LogP contribution in [0.15, 0.2) is 30.3 Å². The van der Waals surface area contributed by atoms with Gasteiger partial charge in [0.25, 0.3) is 0 Å². The molecule has 0 unspecified atom stereocenters. The van der Waals surface area contributed by atoms with Gasteiger partial charge in [0.15, 0.2) is 0 Å². The highest BCUT2D eigenvalue weighted by molar-refractivity contribution is 5.90. The molecule has 19 heavy (non-hydrogen) atoms. The molecule has 2 aromatic carbocycles. The molecule has 2 aromatic rings. The molecule has 0 radical (unpaired) electrons. The predicted octanol–water partition coefficient (Wildman–Crippen LogP) is 5.70. The fourth-order valence-corrected chi connectivity index (χ4v) is 3.09. The topological polar surface area (TPSA) is 0 Å². The van der Waals surface area contributed by atoms with Crippen LogP contribution >= 0.6 is 0 Å². The summed E-state index contributed by atoms with van der Waals surface area (Å²) < 4.78 is 0. The molecule has 0 heterocycles. The fraction of sp³-hybridized carbons (Fsp3) is 0.474. The van der Waals surface area contributed by atoms with Crippen molar-refractivity contribution in [2.24, 2.45) is 0 Å². The van der Waals surface area contributed by atoms with Crippen LogP contribution in [0.4, 0.5) is 0 Å². The number of benzene rings is 2. The van der Waals surface area contributed by atoms with Crippen LogP contribution in [0.1, 0.15) is 56.7 Å². The van der Waals surface area contributed by atoms with Crippen molar-refractivity contribution in [2.45, 2.75) is 59.3 Å². The highest BCUT2D eigenvalue weighted by Gasteiger charge is 2.10. The summed E-state index contributed by atoms with van der Waals surface area (Å²) in [6.45, 7) is 6.84. The molecule has 0 atom stereocenters. The maximum atomic E-state index is 2.49. The van der Waals surface area contributed by atoms with Crippen LogP contribution in [0.3, 0.4) is 0 Å². The first kappa shape index (κ1) is 14.1. The minimum Gasteiger partial charge on any atom is -0.0651 e. The lowest BCUT2D eigenvalue weighted by Gasteiger charge is -2.16. The van der Waals surface area contributed by atoms with E-state index in [4.69, 9.17) is 0 Å². The van der Waals surface area contributed by atoms with Crippen LogP contribution in [-0.4, -0.2) is 0 Å². The number of rotatable bonds is 6. The molecule has 0 fully saturated rings. The van der Waals surface area contributed by atoms with E-state index in [2.05, 4.69) is 51.1 Å². The van der Waals surface area contributed by atoms with Crippen molar-refractivity contribution in [2.75, 3.05) is 0 Å². The Kier molecular flexibility index (Phi) is 5.01. The zero-order valence-electron chi connectivity index (χ0n) is 12.6. The van der Waals surface area contributed by atoms with Crippen LogP contribution < -0.4 is 0 Å². The standard InChI is InChI=1S/C19H26/c1-4-9-15-14-16(10-5-2)18-12-7-8-13-19(18)17(15)11-6-3/h7-8,12-14H,4-6,9-11H2,1-3H3. The maximum Gasteiger partial charge on any atom is -0.0146 e. The number of fused-ring (bicyclic) bond motifs is 1. The first-order valence-corrected chi connectivity index (χ1v) is 7.84. The molecule has 0 heteroatoms. The van der Waals surface area contributed by atoms with Gasteiger partial charge in [0.2, 0.25) is 0 Å². The second kappa shape index (κ2) is 6.75. The summed E-state index contributed by atoms with van der Waals surface area (Å²) in [6, 6.07) is 11.5. The molecule has 102 valence electrons. The molecule has 0 amide bonds.